The number of benzene rings is 3. The number of likely N-dealkylation sites (N-methyl/N-ethyl adjacent to an activating group) is 1. The van der Waals surface area contributed by atoms with Gasteiger partial charge in [0, 0.05) is 83.5 Å². The zero-order valence-corrected chi connectivity index (χ0v) is 30.6. The molecule has 1 aliphatic carbocycles. The lowest BCUT2D eigenvalue weighted by Gasteiger charge is -2.35. The van der Waals surface area contributed by atoms with E-state index in [-0.39, 0.29) is 5.91 Å². The third-order valence-corrected chi connectivity index (χ3v) is 10.8. The molecule has 252 valence electrons. The summed E-state index contributed by atoms with van der Waals surface area (Å²) < 4.78 is 8.07. The molecule has 0 unspecified atom stereocenters. The molecule has 0 atom stereocenters. The Kier molecular flexibility index (Phi) is 9.93. The lowest BCUT2D eigenvalue weighted by atomic mass is 9.93. The molecule has 0 spiro atoms. The molecule has 0 bridgehead atoms. The predicted molar refractivity (Wildman–Crippen MR) is 199 cm³/mol. The van der Waals surface area contributed by atoms with Crippen LogP contribution in [0.3, 0.4) is 0 Å². The number of allylic oxidation sites excluding steroid dienone is 1. The number of hydrogen-bond donors (Lipinski definition) is 1. The molecule has 7 nitrogen and oxygen atoms in total. The van der Waals surface area contributed by atoms with Gasteiger partial charge < -0.3 is 19.9 Å². The SMILES string of the molecule is Cc1ccc(NC(=O)C2=C(CCCOc3cc(C)c(Cl)c(C)c3)c3ccc(Cl)c(-c4c(C)nn(C)c4C)c3C2)cc1N1CCN(C)CC1. The summed E-state index contributed by atoms with van der Waals surface area (Å²) in [6.07, 6.45) is 1.93. The zero-order valence-electron chi connectivity index (χ0n) is 29.1. The molecule has 3 aromatic carbocycles. The Morgan fingerprint density at radius 2 is 1.60 bits per heavy atom. The highest BCUT2D eigenvalue weighted by Gasteiger charge is 2.31. The van der Waals surface area contributed by atoms with Crippen LogP contribution in [0, 0.1) is 34.6 Å². The first kappa shape index (κ1) is 34.1. The number of carbonyl (C=O) groups excluding carboxylic acids is 1. The van der Waals surface area contributed by atoms with Crippen LogP contribution in [0.1, 0.15) is 52.0 Å². The summed E-state index contributed by atoms with van der Waals surface area (Å²) in [5, 5.41) is 9.39. The number of nitrogens with zero attached hydrogens (tertiary/aromatic N) is 4. The van der Waals surface area contributed by atoms with E-state index in [0.29, 0.717) is 24.5 Å². The van der Waals surface area contributed by atoms with Gasteiger partial charge in [-0.05, 0) is 118 Å². The van der Waals surface area contributed by atoms with Crippen LogP contribution in [0.5, 0.6) is 5.75 Å². The third kappa shape index (κ3) is 6.73. The Hall–Kier alpha value is -3.78. The fourth-order valence-electron chi connectivity index (χ4n) is 7.15. The van der Waals surface area contributed by atoms with E-state index in [1.807, 2.05) is 56.8 Å². The van der Waals surface area contributed by atoms with Crippen molar-refractivity contribution in [1.29, 1.82) is 0 Å². The Labute approximate surface area is 294 Å². The molecule has 1 aromatic heterocycles. The number of piperazine rings is 1. The molecule has 1 fully saturated rings. The minimum Gasteiger partial charge on any atom is -0.494 e. The zero-order chi connectivity index (χ0) is 34.3. The second-order valence-corrected chi connectivity index (χ2v) is 14.1. The van der Waals surface area contributed by atoms with Crippen LogP contribution >= 0.6 is 23.2 Å². The summed E-state index contributed by atoms with van der Waals surface area (Å²) in [6, 6.07) is 14.2. The lowest BCUT2D eigenvalue weighted by molar-refractivity contribution is -0.112. The predicted octanol–water partition coefficient (Wildman–Crippen LogP) is 8.50. The van der Waals surface area contributed by atoms with E-state index in [1.165, 1.54) is 11.3 Å². The molecule has 2 aliphatic rings. The molecule has 4 aromatic rings. The van der Waals surface area contributed by atoms with Crippen LogP contribution in [0.25, 0.3) is 16.7 Å². The van der Waals surface area contributed by atoms with Crippen LogP contribution in [-0.4, -0.2) is 60.4 Å². The molecule has 1 aliphatic heterocycles. The van der Waals surface area contributed by atoms with Gasteiger partial charge >= 0.3 is 0 Å². The van der Waals surface area contributed by atoms with E-state index in [1.54, 1.807) is 0 Å². The van der Waals surface area contributed by atoms with Gasteiger partial charge in [0.1, 0.15) is 5.75 Å². The number of amides is 1. The maximum absolute atomic E-state index is 14.3. The molecular formula is C39H45Cl2N5O2. The number of fused-ring (bicyclic) bond motifs is 1. The van der Waals surface area contributed by atoms with Gasteiger partial charge in [0.05, 0.1) is 12.3 Å². The highest BCUT2D eigenvalue weighted by atomic mass is 35.5. The Morgan fingerprint density at radius 1 is 0.896 bits per heavy atom. The van der Waals surface area contributed by atoms with Crippen molar-refractivity contribution in [3.63, 3.8) is 0 Å². The molecule has 1 N–H and O–H groups in total. The average Bonchev–Trinajstić information content (AvgIpc) is 3.54. The van der Waals surface area contributed by atoms with Crippen LogP contribution in [-0.2, 0) is 18.3 Å². The number of aryl methyl sites for hydroxylation is 5. The Balaban J connectivity index is 1.30. The van der Waals surface area contributed by atoms with E-state index >= 15 is 0 Å². The van der Waals surface area contributed by atoms with Crippen molar-refractivity contribution < 1.29 is 9.53 Å². The van der Waals surface area contributed by atoms with Gasteiger partial charge in [0.2, 0.25) is 0 Å². The van der Waals surface area contributed by atoms with Gasteiger partial charge in [0.15, 0.2) is 0 Å². The van der Waals surface area contributed by atoms with Crippen LogP contribution in [0.15, 0.2) is 48.0 Å². The van der Waals surface area contributed by atoms with E-state index < -0.39 is 0 Å². The molecule has 0 saturated carbocycles. The maximum Gasteiger partial charge on any atom is 0.252 e. The van der Waals surface area contributed by atoms with Crippen molar-refractivity contribution in [2.24, 2.45) is 7.05 Å². The molecule has 1 amide bonds. The number of nitrogens with one attached hydrogen (secondary N) is 1. The minimum atomic E-state index is -0.0825. The summed E-state index contributed by atoms with van der Waals surface area (Å²) in [6.45, 7) is 14.7. The molecular weight excluding hydrogens is 641 g/mol. The van der Waals surface area contributed by atoms with Crippen LogP contribution < -0.4 is 15.0 Å². The largest absolute Gasteiger partial charge is 0.494 e. The van der Waals surface area contributed by atoms with Gasteiger partial charge in [-0.15, -0.1) is 0 Å². The first-order valence-corrected chi connectivity index (χ1v) is 17.5. The fraction of sp³-hybridized carbons (Fsp3) is 0.385. The fourth-order valence-corrected chi connectivity index (χ4v) is 7.53. The van der Waals surface area contributed by atoms with Crippen LogP contribution in [0.4, 0.5) is 11.4 Å². The van der Waals surface area contributed by atoms with Gasteiger partial charge in [-0.1, -0.05) is 35.3 Å². The van der Waals surface area contributed by atoms with Gasteiger partial charge in [-0.25, -0.2) is 0 Å². The molecule has 6 rings (SSSR count). The summed E-state index contributed by atoms with van der Waals surface area (Å²) in [7, 11) is 4.11. The number of carbonyl (C=O) groups is 1. The molecule has 1 saturated heterocycles. The number of halogens is 2. The van der Waals surface area contributed by atoms with Gasteiger partial charge in [-0.3, -0.25) is 9.48 Å². The normalized spacial score (nSPS) is 14.9. The highest BCUT2D eigenvalue weighted by Crippen LogP contribution is 2.46. The number of rotatable bonds is 9. The monoisotopic (exact) mass is 685 g/mol. The number of anilines is 2. The first-order valence-electron chi connectivity index (χ1n) is 16.7. The Bertz CT molecular complexity index is 1900. The van der Waals surface area contributed by atoms with Crippen molar-refractivity contribution in [3.8, 4) is 16.9 Å². The summed E-state index contributed by atoms with van der Waals surface area (Å²) >= 11 is 13.3. The third-order valence-electron chi connectivity index (χ3n) is 9.90. The smallest absolute Gasteiger partial charge is 0.252 e. The summed E-state index contributed by atoms with van der Waals surface area (Å²) in [5.74, 6) is 0.723. The number of hydrogen-bond acceptors (Lipinski definition) is 5. The van der Waals surface area contributed by atoms with Crippen molar-refractivity contribution in [2.45, 2.75) is 53.9 Å². The average molecular weight is 687 g/mol. The minimum absolute atomic E-state index is 0.0825. The highest BCUT2D eigenvalue weighted by molar-refractivity contribution is 6.34. The second kappa shape index (κ2) is 14.0. The molecule has 2 heterocycles. The molecule has 48 heavy (non-hydrogen) atoms. The summed E-state index contributed by atoms with van der Waals surface area (Å²) in [5.41, 5.74) is 13.1. The Morgan fingerprint density at radius 3 is 2.27 bits per heavy atom. The second-order valence-electron chi connectivity index (χ2n) is 13.3. The van der Waals surface area contributed by atoms with Crippen molar-refractivity contribution in [1.82, 2.24) is 14.7 Å². The van der Waals surface area contributed by atoms with E-state index in [4.69, 9.17) is 27.9 Å². The summed E-state index contributed by atoms with van der Waals surface area (Å²) in [4.78, 5) is 19.0. The molecule has 0 radical (unpaired) electrons. The molecule has 9 heteroatoms. The van der Waals surface area contributed by atoms with Crippen molar-refractivity contribution >= 4 is 46.1 Å². The lowest BCUT2D eigenvalue weighted by Crippen LogP contribution is -2.44. The van der Waals surface area contributed by atoms with E-state index in [0.717, 1.165) is 105 Å². The van der Waals surface area contributed by atoms with Crippen molar-refractivity contribution in [2.75, 3.05) is 50.1 Å². The van der Waals surface area contributed by atoms with E-state index in [9.17, 15) is 4.79 Å². The standard InChI is InChI=1S/C39H45Cl2N5O2/c1-23-10-11-28(21-35(23)46-16-14-44(6)15-17-46)42-39(47)33-22-32-31(12-13-34(40)37(32)36-26(4)43-45(7)27(36)5)30(33)9-8-18-48-29-19-24(2)38(41)25(3)20-29/h10-13,19-21H,8-9,14-18,22H2,1-7H3,(H,42,47). The van der Waals surface area contributed by atoms with E-state index in [2.05, 4.69) is 59.3 Å². The van der Waals surface area contributed by atoms with Gasteiger partial charge in [0.25, 0.3) is 5.91 Å². The number of aromatic nitrogens is 2. The topological polar surface area (TPSA) is 62.6 Å². The van der Waals surface area contributed by atoms with Crippen LogP contribution in [0.2, 0.25) is 10.0 Å². The van der Waals surface area contributed by atoms with Gasteiger partial charge in [-0.2, -0.15) is 5.10 Å². The van der Waals surface area contributed by atoms with Crippen molar-refractivity contribution in [3.05, 3.63) is 97.3 Å². The quantitative estimate of drug-likeness (QED) is 0.179. The first-order chi connectivity index (χ1) is 22.9. The number of ether oxygens (including phenoxy) is 1. The maximum atomic E-state index is 14.3.